The molecule has 0 amide bonds. The Morgan fingerprint density at radius 3 is 2.64 bits per heavy atom. The molecule has 25 heavy (non-hydrogen) atoms. The molecule has 0 radical (unpaired) electrons. The van der Waals surface area contributed by atoms with Crippen molar-refractivity contribution in [3.8, 4) is 0 Å². The zero-order valence-electron chi connectivity index (χ0n) is 13.9. The molecule has 2 saturated heterocycles. The molecule has 6 atom stereocenters. The Kier molecular flexibility index (Phi) is 4.99. The maximum Gasteiger partial charge on any atom is 0.184 e. The van der Waals surface area contributed by atoms with Gasteiger partial charge in [0, 0.05) is 5.56 Å². The van der Waals surface area contributed by atoms with Crippen molar-refractivity contribution in [3.05, 3.63) is 48.0 Å². The summed E-state index contributed by atoms with van der Waals surface area (Å²) in [6.45, 7) is 2.32. The molecule has 0 aromatic heterocycles. The number of rotatable bonds is 3. The van der Waals surface area contributed by atoms with Crippen LogP contribution in [-0.4, -0.2) is 52.4 Å². The molecule has 2 aromatic rings. The fourth-order valence-electron chi connectivity index (χ4n) is 3.40. The van der Waals surface area contributed by atoms with E-state index in [0.717, 1.165) is 22.1 Å². The lowest BCUT2D eigenvalue weighted by molar-refractivity contribution is -0.318. The predicted molar refractivity (Wildman–Crippen MR) is 96.3 cm³/mol. The van der Waals surface area contributed by atoms with Gasteiger partial charge < -0.3 is 24.4 Å². The number of hydrogen-bond acceptors (Lipinski definition) is 6. The Hall–Kier alpha value is -1.15. The van der Waals surface area contributed by atoms with Gasteiger partial charge in [-0.05, 0) is 22.6 Å². The zero-order chi connectivity index (χ0) is 17.4. The van der Waals surface area contributed by atoms with Gasteiger partial charge in [0.25, 0.3) is 0 Å². The normalized spacial score (nSPS) is 35.5. The van der Waals surface area contributed by atoms with Crippen LogP contribution in [0.3, 0.4) is 0 Å². The second-order valence-electron chi connectivity index (χ2n) is 6.35. The van der Waals surface area contributed by atoms with Crippen molar-refractivity contribution in [3.63, 3.8) is 0 Å². The Morgan fingerprint density at radius 1 is 1.04 bits per heavy atom. The topological polar surface area (TPSA) is 68.2 Å². The summed E-state index contributed by atoms with van der Waals surface area (Å²) in [6.07, 6.45) is -3.52. The van der Waals surface area contributed by atoms with Crippen molar-refractivity contribution in [2.24, 2.45) is 0 Å². The number of hydrogen-bond donors (Lipinski definition) is 2. The third kappa shape index (κ3) is 3.30. The van der Waals surface area contributed by atoms with Crippen molar-refractivity contribution in [2.45, 2.75) is 43.1 Å². The molecule has 0 aliphatic carbocycles. The fraction of sp³-hybridized carbons (Fsp3) is 0.474. The number of aliphatic hydroxyl groups excluding tert-OH is 2. The molecule has 6 heteroatoms. The molecular formula is C19H22O5S. The number of fused-ring (bicyclic) bond motifs is 2. The van der Waals surface area contributed by atoms with Crippen molar-refractivity contribution < 1.29 is 24.4 Å². The Balaban J connectivity index is 1.53. The maximum absolute atomic E-state index is 10.5. The summed E-state index contributed by atoms with van der Waals surface area (Å²) >= 11 is 1.48. The van der Waals surface area contributed by atoms with Gasteiger partial charge in [-0.2, -0.15) is 0 Å². The molecule has 2 aromatic carbocycles. The van der Waals surface area contributed by atoms with Crippen LogP contribution < -0.4 is 0 Å². The highest BCUT2D eigenvalue weighted by atomic mass is 32.2. The Bertz CT molecular complexity index is 737. The smallest absolute Gasteiger partial charge is 0.184 e. The summed E-state index contributed by atoms with van der Waals surface area (Å²) < 4.78 is 17.7. The minimum atomic E-state index is -0.991. The maximum atomic E-state index is 10.5. The van der Waals surface area contributed by atoms with Crippen LogP contribution in [0.4, 0.5) is 0 Å². The van der Waals surface area contributed by atoms with Crippen molar-refractivity contribution in [2.75, 3.05) is 12.4 Å². The third-order valence-electron chi connectivity index (χ3n) is 4.71. The number of benzene rings is 2. The number of ether oxygens (including phenoxy) is 3. The molecule has 4 rings (SSSR count). The van der Waals surface area contributed by atoms with Crippen LogP contribution in [0.15, 0.2) is 42.5 Å². The lowest BCUT2D eigenvalue weighted by Crippen LogP contribution is -2.60. The Labute approximate surface area is 150 Å². The highest BCUT2D eigenvalue weighted by Crippen LogP contribution is 2.37. The molecule has 2 heterocycles. The van der Waals surface area contributed by atoms with E-state index in [4.69, 9.17) is 14.2 Å². The minimum absolute atomic E-state index is 0.326. The summed E-state index contributed by atoms with van der Waals surface area (Å²) in [6, 6.07) is 14.1. The van der Waals surface area contributed by atoms with E-state index in [1.165, 1.54) is 11.8 Å². The van der Waals surface area contributed by atoms with Crippen LogP contribution >= 0.6 is 11.8 Å². The van der Waals surface area contributed by atoms with E-state index < -0.39 is 30.0 Å². The summed E-state index contributed by atoms with van der Waals surface area (Å²) in [5.41, 5.74) is 0.439. The molecule has 0 unspecified atom stereocenters. The van der Waals surface area contributed by atoms with Gasteiger partial charge >= 0.3 is 0 Å². The third-order valence-corrected chi connectivity index (χ3v) is 5.76. The van der Waals surface area contributed by atoms with Crippen molar-refractivity contribution in [1.29, 1.82) is 0 Å². The monoisotopic (exact) mass is 362 g/mol. The van der Waals surface area contributed by atoms with Gasteiger partial charge in [-0.1, -0.05) is 43.3 Å². The molecule has 2 fully saturated rings. The lowest BCUT2D eigenvalue weighted by Gasteiger charge is -2.46. The minimum Gasteiger partial charge on any atom is -0.387 e. The first-order valence-electron chi connectivity index (χ1n) is 8.56. The molecule has 2 N–H and O–H groups in total. The highest BCUT2D eigenvalue weighted by molar-refractivity contribution is 7.99. The first-order valence-corrected chi connectivity index (χ1v) is 9.61. The molecule has 2 aliphatic rings. The Morgan fingerprint density at radius 2 is 1.84 bits per heavy atom. The number of aliphatic hydroxyl groups is 2. The van der Waals surface area contributed by atoms with Crippen LogP contribution in [0.25, 0.3) is 10.8 Å². The lowest BCUT2D eigenvalue weighted by atomic mass is 9.98. The average Bonchev–Trinajstić information content (AvgIpc) is 2.65. The van der Waals surface area contributed by atoms with Gasteiger partial charge in [0.2, 0.25) is 0 Å². The van der Waals surface area contributed by atoms with E-state index in [1.54, 1.807) is 0 Å². The molecular weight excluding hydrogens is 340 g/mol. The largest absolute Gasteiger partial charge is 0.387 e. The first kappa shape index (κ1) is 17.3. The summed E-state index contributed by atoms with van der Waals surface area (Å²) in [4.78, 5) is 0. The number of thioether (sulfide) groups is 1. The SMILES string of the molecule is CCS[C@H]1O[C@@H]2CO[C@@H](c3ccc4ccccc4c3)O[C@H]2[C@H](O)[C@H]1O. The zero-order valence-corrected chi connectivity index (χ0v) is 14.8. The van der Waals surface area contributed by atoms with Gasteiger partial charge in [-0.3, -0.25) is 0 Å². The quantitative estimate of drug-likeness (QED) is 0.874. The molecule has 134 valence electrons. The molecule has 0 spiro atoms. The van der Waals surface area contributed by atoms with Gasteiger partial charge in [0.05, 0.1) is 6.61 Å². The highest BCUT2D eigenvalue weighted by Gasteiger charge is 2.48. The van der Waals surface area contributed by atoms with Gasteiger partial charge in [0.1, 0.15) is 29.9 Å². The van der Waals surface area contributed by atoms with Crippen molar-refractivity contribution in [1.82, 2.24) is 0 Å². The fourth-order valence-corrected chi connectivity index (χ4v) is 4.31. The second-order valence-corrected chi connectivity index (χ2v) is 7.73. The van der Waals surface area contributed by atoms with E-state index >= 15 is 0 Å². The molecule has 0 bridgehead atoms. The molecule has 2 aliphatic heterocycles. The van der Waals surface area contributed by atoms with Gasteiger partial charge in [0.15, 0.2) is 6.29 Å². The van der Waals surface area contributed by atoms with Crippen LogP contribution in [0.5, 0.6) is 0 Å². The van der Waals surface area contributed by atoms with E-state index in [9.17, 15) is 10.2 Å². The van der Waals surface area contributed by atoms with E-state index in [0.29, 0.717) is 6.61 Å². The van der Waals surface area contributed by atoms with E-state index in [-0.39, 0.29) is 6.10 Å². The van der Waals surface area contributed by atoms with Crippen LogP contribution in [0.2, 0.25) is 0 Å². The summed E-state index contributed by atoms with van der Waals surface area (Å²) in [7, 11) is 0. The average molecular weight is 362 g/mol. The van der Waals surface area contributed by atoms with Crippen LogP contribution in [0, 0.1) is 0 Å². The van der Waals surface area contributed by atoms with Gasteiger partial charge in [-0.25, -0.2) is 0 Å². The summed E-state index contributed by atoms with van der Waals surface area (Å²) in [5.74, 6) is 0.799. The van der Waals surface area contributed by atoms with Crippen LogP contribution in [-0.2, 0) is 14.2 Å². The standard InChI is InChI=1S/C19H22O5S/c1-2-25-19-16(21)15(20)17-14(23-19)10-22-18(24-17)13-8-7-11-5-3-4-6-12(11)9-13/h3-9,14-21H,2,10H2,1H3/t14-,15-,16-,17-,18-,19-/m1/s1. The first-order chi connectivity index (χ1) is 12.2. The molecule has 5 nitrogen and oxygen atoms in total. The molecule has 0 saturated carbocycles. The van der Waals surface area contributed by atoms with E-state index in [2.05, 4.69) is 6.07 Å². The van der Waals surface area contributed by atoms with E-state index in [1.807, 2.05) is 43.3 Å². The van der Waals surface area contributed by atoms with Crippen molar-refractivity contribution >= 4 is 22.5 Å². The van der Waals surface area contributed by atoms with Crippen LogP contribution in [0.1, 0.15) is 18.8 Å². The predicted octanol–water partition coefficient (Wildman–Crippen LogP) is 2.45. The summed E-state index contributed by atoms with van der Waals surface area (Å²) in [5, 5.41) is 23.0. The van der Waals surface area contributed by atoms with Gasteiger partial charge in [-0.15, -0.1) is 11.8 Å². The second kappa shape index (κ2) is 7.23.